The Bertz CT molecular complexity index is 732. The van der Waals surface area contributed by atoms with Gasteiger partial charge in [0.25, 0.3) is 0 Å². The van der Waals surface area contributed by atoms with Crippen LogP contribution in [0.1, 0.15) is 28.4 Å². The maximum Gasteiger partial charge on any atom is 0.338 e. The van der Waals surface area contributed by atoms with Gasteiger partial charge in [-0.25, -0.2) is 9.59 Å². The molecule has 1 heterocycles. The normalized spacial score (nSPS) is 9.88. The Hall–Kier alpha value is -3.22. The third-order valence-corrected chi connectivity index (χ3v) is 3.17. The second kappa shape index (κ2) is 8.42. The minimum atomic E-state index is -0.464. The van der Waals surface area contributed by atoms with E-state index in [0.29, 0.717) is 23.4 Å². The molecule has 124 valence electrons. The molecular weight excluding hydrogens is 308 g/mol. The lowest BCUT2D eigenvalue weighted by molar-refractivity contribution is 0.0526. The van der Waals surface area contributed by atoms with Gasteiger partial charge in [-0.05, 0) is 42.8 Å². The predicted octanol–water partition coefficient (Wildman–Crippen LogP) is 2.58. The van der Waals surface area contributed by atoms with Crippen molar-refractivity contribution in [3.63, 3.8) is 0 Å². The van der Waals surface area contributed by atoms with Crippen molar-refractivity contribution in [2.24, 2.45) is 0 Å². The van der Waals surface area contributed by atoms with E-state index in [1.54, 1.807) is 43.6 Å². The Morgan fingerprint density at radius 3 is 2.67 bits per heavy atom. The smallest absolute Gasteiger partial charge is 0.338 e. The van der Waals surface area contributed by atoms with Crippen molar-refractivity contribution < 1.29 is 14.3 Å². The maximum atomic E-state index is 12.0. The van der Waals surface area contributed by atoms with Gasteiger partial charge in [0.2, 0.25) is 0 Å². The molecule has 0 saturated heterocycles. The lowest BCUT2D eigenvalue weighted by Crippen LogP contribution is -2.28. The van der Waals surface area contributed by atoms with Gasteiger partial charge < -0.3 is 20.8 Å². The number of ether oxygens (including phenoxy) is 1. The van der Waals surface area contributed by atoms with Crippen molar-refractivity contribution in [3.8, 4) is 0 Å². The Labute approximate surface area is 139 Å². The SMILES string of the molecule is CCOC(=O)c1ccc(NC(=O)NCc2ccncc2)c(C=N)c1. The van der Waals surface area contributed by atoms with Gasteiger partial charge in [-0.2, -0.15) is 0 Å². The number of pyridine rings is 1. The molecule has 7 nitrogen and oxygen atoms in total. The number of carbonyl (C=O) groups is 2. The van der Waals surface area contributed by atoms with Crippen molar-refractivity contribution in [2.75, 3.05) is 11.9 Å². The Morgan fingerprint density at radius 1 is 1.25 bits per heavy atom. The largest absolute Gasteiger partial charge is 0.462 e. The monoisotopic (exact) mass is 326 g/mol. The summed E-state index contributed by atoms with van der Waals surface area (Å²) >= 11 is 0. The Morgan fingerprint density at radius 2 is 2.00 bits per heavy atom. The highest BCUT2D eigenvalue weighted by atomic mass is 16.5. The van der Waals surface area contributed by atoms with E-state index < -0.39 is 12.0 Å². The molecule has 3 N–H and O–H groups in total. The molecule has 7 heteroatoms. The number of hydrogen-bond donors (Lipinski definition) is 3. The number of amides is 2. The fourth-order valence-corrected chi connectivity index (χ4v) is 1.99. The van der Waals surface area contributed by atoms with Crippen LogP contribution in [0.25, 0.3) is 0 Å². The average molecular weight is 326 g/mol. The molecule has 2 amide bonds. The van der Waals surface area contributed by atoms with E-state index >= 15 is 0 Å². The van der Waals surface area contributed by atoms with Crippen LogP contribution in [0.5, 0.6) is 0 Å². The zero-order chi connectivity index (χ0) is 17.4. The van der Waals surface area contributed by atoms with Gasteiger partial charge in [0.1, 0.15) is 0 Å². The van der Waals surface area contributed by atoms with Crippen molar-refractivity contribution in [3.05, 3.63) is 59.4 Å². The molecule has 2 aromatic rings. The van der Waals surface area contributed by atoms with Gasteiger partial charge >= 0.3 is 12.0 Å². The molecule has 0 aliphatic carbocycles. The van der Waals surface area contributed by atoms with Gasteiger partial charge in [-0.1, -0.05) is 0 Å². The van der Waals surface area contributed by atoms with E-state index in [-0.39, 0.29) is 6.61 Å². The van der Waals surface area contributed by atoms with E-state index in [1.807, 2.05) is 0 Å². The summed E-state index contributed by atoms with van der Waals surface area (Å²) in [6.07, 6.45) is 4.37. The van der Waals surface area contributed by atoms with Crippen LogP contribution < -0.4 is 10.6 Å². The van der Waals surface area contributed by atoms with Crippen LogP contribution in [-0.4, -0.2) is 29.8 Å². The summed E-state index contributed by atoms with van der Waals surface area (Å²) in [7, 11) is 0. The molecule has 2 rings (SSSR count). The van der Waals surface area contributed by atoms with Crippen molar-refractivity contribution in [1.82, 2.24) is 10.3 Å². The molecule has 0 radical (unpaired) electrons. The molecule has 0 atom stereocenters. The summed E-state index contributed by atoms with van der Waals surface area (Å²) in [6.45, 7) is 2.35. The quantitative estimate of drug-likeness (QED) is 0.560. The predicted molar refractivity (Wildman–Crippen MR) is 90.4 cm³/mol. The molecule has 0 fully saturated rings. The van der Waals surface area contributed by atoms with Crippen LogP contribution in [0.2, 0.25) is 0 Å². The van der Waals surface area contributed by atoms with Gasteiger partial charge in [-0.3, -0.25) is 4.98 Å². The standard InChI is InChI=1S/C17H18N4O3/c1-2-24-16(22)13-3-4-15(14(9-13)10-18)21-17(23)20-11-12-5-7-19-8-6-12/h3-10,18H,2,11H2,1H3,(H2,20,21,23). The number of nitrogens with zero attached hydrogens (tertiary/aromatic N) is 1. The summed E-state index contributed by atoms with van der Waals surface area (Å²) in [6, 6.07) is 7.82. The van der Waals surface area contributed by atoms with Gasteiger partial charge in [-0.15, -0.1) is 0 Å². The first kappa shape index (κ1) is 17.1. The Kier molecular flexibility index (Phi) is 6.01. The summed E-state index contributed by atoms with van der Waals surface area (Å²) < 4.78 is 4.92. The number of urea groups is 1. The van der Waals surface area contributed by atoms with Crippen LogP contribution in [-0.2, 0) is 11.3 Å². The summed E-state index contributed by atoms with van der Waals surface area (Å²) in [5, 5.41) is 12.8. The molecular formula is C17H18N4O3. The van der Waals surface area contributed by atoms with Crippen molar-refractivity contribution in [2.45, 2.75) is 13.5 Å². The van der Waals surface area contributed by atoms with Gasteiger partial charge in [0.05, 0.1) is 17.9 Å². The average Bonchev–Trinajstić information content (AvgIpc) is 2.61. The molecule has 1 aromatic heterocycles. The van der Waals surface area contributed by atoms with E-state index in [1.165, 1.54) is 6.07 Å². The number of hydrogen-bond acceptors (Lipinski definition) is 5. The summed E-state index contributed by atoms with van der Waals surface area (Å²) in [5.41, 5.74) is 2.10. The number of carbonyl (C=O) groups excluding carboxylic acids is 2. The fraction of sp³-hybridized carbons (Fsp3) is 0.176. The van der Waals surface area contributed by atoms with Crippen LogP contribution in [0.15, 0.2) is 42.7 Å². The molecule has 1 aromatic carbocycles. The number of aromatic nitrogens is 1. The van der Waals surface area contributed by atoms with E-state index in [2.05, 4.69) is 15.6 Å². The second-order valence-corrected chi connectivity index (χ2v) is 4.83. The number of benzene rings is 1. The van der Waals surface area contributed by atoms with E-state index in [4.69, 9.17) is 10.1 Å². The first-order valence-corrected chi connectivity index (χ1v) is 7.39. The highest BCUT2D eigenvalue weighted by Crippen LogP contribution is 2.16. The minimum Gasteiger partial charge on any atom is -0.462 e. The molecule has 0 aliphatic heterocycles. The van der Waals surface area contributed by atoms with Gasteiger partial charge in [0, 0.05) is 30.7 Å². The molecule has 0 saturated carbocycles. The fourth-order valence-electron chi connectivity index (χ4n) is 1.99. The first-order valence-electron chi connectivity index (χ1n) is 7.39. The molecule has 0 spiro atoms. The number of anilines is 1. The van der Waals surface area contributed by atoms with Crippen LogP contribution in [0.4, 0.5) is 10.5 Å². The van der Waals surface area contributed by atoms with E-state index in [0.717, 1.165) is 11.8 Å². The first-order chi connectivity index (χ1) is 11.6. The molecule has 0 unspecified atom stereocenters. The lowest BCUT2D eigenvalue weighted by atomic mass is 10.1. The zero-order valence-corrected chi connectivity index (χ0v) is 13.2. The lowest BCUT2D eigenvalue weighted by Gasteiger charge is -2.11. The third kappa shape index (κ3) is 4.64. The number of rotatable bonds is 6. The maximum absolute atomic E-state index is 12.0. The van der Waals surface area contributed by atoms with Crippen molar-refractivity contribution in [1.29, 1.82) is 5.41 Å². The van der Waals surface area contributed by atoms with Crippen LogP contribution in [0.3, 0.4) is 0 Å². The van der Waals surface area contributed by atoms with E-state index in [9.17, 15) is 9.59 Å². The molecule has 0 bridgehead atoms. The van der Waals surface area contributed by atoms with Gasteiger partial charge in [0.15, 0.2) is 0 Å². The second-order valence-electron chi connectivity index (χ2n) is 4.83. The summed E-state index contributed by atoms with van der Waals surface area (Å²) in [5.74, 6) is -0.464. The molecule has 24 heavy (non-hydrogen) atoms. The van der Waals surface area contributed by atoms with Crippen LogP contribution >= 0.6 is 0 Å². The topological polar surface area (TPSA) is 104 Å². The third-order valence-electron chi connectivity index (χ3n) is 3.17. The summed E-state index contributed by atoms with van der Waals surface area (Å²) in [4.78, 5) is 27.6. The highest BCUT2D eigenvalue weighted by Gasteiger charge is 2.11. The number of esters is 1. The zero-order valence-electron chi connectivity index (χ0n) is 13.2. The Balaban J connectivity index is 2.02. The highest BCUT2D eigenvalue weighted by molar-refractivity contribution is 5.99. The minimum absolute atomic E-state index is 0.274. The number of nitrogens with one attached hydrogen (secondary N) is 3. The molecule has 0 aliphatic rings. The van der Waals surface area contributed by atoms with Crippen LogP contribution in [0, 0.1) is 5.41 Å². The van der Waals surface area contributed by atoms with Crippen molar-refractivity contribution >= 4 is 23.9 Å².